The summed E-state index contributed by atoms with van der Waals surface area (Å²) in [5.41, 5.74) is 7.97. The van der Waals surface area contributed by atoms with Crippen molar-refractivity contribution in [2.75, 3.05) is 0 Å². The van der Waals surface area contributed by atoms with Gasteiger partial charge < -0.3 is 5.73 Å². The van der Waals surface area contributed by atoms with Gasteiger partial charge in [0.1, 0.15) is 0 Å². The second-order valence-electron chi connectivity index (χ2n) is 5.57. The Hall–Kier alpha value is -0.300. The first-order valence-electron chi connectivity index (χ1n) is 6.72. The van der Waals surface area contributed by atoms with E-state index in [1.54, 1.807) is 5.57 Å². The van der Waals surface area contributed by atoms with Crippen molar-refractivity contribution in [3.05, 3.63) is 11.6 Å². The highest BCUT2D eigenvalue weighted by Gasteiger charge is 2.26. The molecule has 15 heavy (non-hydrogen) atoms. The van der Waals surface area contributed by atoms with Gasteiger partial charge in [-0.2, -0.15) is 0 Å². The van der Waals surface area contributed by atoms with Crippen LogP contribution in [0.25, 0.3) is 0 Å². The molecule has 0 bridgehead atoms. The molecule has 1 atom stereocenters. The van der Waals surface area contributed by atoms with E-state index in [4.69, 9.17) is 5.73 Å². The average molecular weight is 207 g/mol. The van der Waals surface area contributed by atoms with Gasteiger partial charge in [-0.3, -0.25) is 0 Å². The molecule has 0 aromatic rings. The van der Waals surface area contributed by atoms with Gasteiger partial charge in [0.05, 0.1) is 0 Å². The van der Waals surface area contributed by atoms with E-state index >= 15 is 0 Å². The summed E-state index contributed by atoms with van der Waals surface area (Å²) >= 11 is 0. The molecule has 0 aromatic carbocycles. The van der Waals surface area contributed by atoms with Crippen LogP contribution >= 0.6 is 0 Å². The summed E-state index contributed by atoms with van der Waals surface area (Å²) < 4.78 is 0. The molecule has 86 valence electrons. The Morgan fingerprint density at radius 1 is 1.20 bits per heavy atom. The smallest absolute Gasteiger partial charge is 0.0282 e. The molecule has 0 radical (unpaired) electrons. The topological polar surface area (TPSA) is 26.0 Å². The third-order valence-corrected chi connectivity index (χ3v) is 4.32. The van der Waals surface area contributed by atoms with Crippen molar-refractivity contribution >= 4 is 0 Å². The Balaban J connectivity index is 1.89. The monoisotopic (exact) mass is 207 g/mol. The zero-order chi connectivity index (χ0) is 10.7. The maximum Gasteiger partial charge on any atom is 0.0282 e. The highest BCUT2D eigenvalue weighted by atomic mass is 14.7. The molecule has 1 saturated carbocycles. The predicted molar refractivity (Wildman–Crippen MR) is 65.6 cm³/mol. The van der Waals surface area contributed by atoms with E-state index in [-0.39, 0.29) is 0 Å². The molecule has 1 heteroatoms. The molecule has 0 amide bonds. The van der Waals surface area contributed by atoms with Crippen LogP contribution in [0.4, 0.5) is 0 Å². The van der Waals surface area contributed by atoms with Crippen LogP contribution in [0.1, 0.15) is 58.3 Å². The lowest BCUT2D eigenvalue weighted by molar-refractivity contribution is 0.265. The van der Waals surface area contributed by atoms with Gasteiger partial charge in [0.15, 0.2) is 0 Å². The number of allylic oxidation sites excluding steroid dienone is 1. The molecule has 1 fully saturated rings. The number of hydrogen-bond acceptors (Lipinski definition) is 1. The van der Waals surface area contributed by atoms with Gasteiger partial charge in [-0.15, -0.1) is 0 Å². The fourth-order valence-electron chi connectivity index (χ4n) is 3.11. The molecule has 2 aliphatic carbocycles. The van der Waals surface area contributed by atoms with E-state index in [9.17, 15) is 0 Å². The number of nitrogens with two attached hydrogens (primary N) is 1. The zero-order valence-electron chi connectivity index (χ0n) is 10.0. The van der Waals surface area contributed by atoms with E-state index in [1.807, 2.05) is 0 Å². The molecule has 2 N–H and O–H groups in total. The Bertz CT molecular complexity index is 223. The molecular weight excluding hydrogens is 182 g/mol. The van der Waals surface area contributed by atoms with Crippen LogP contribution in [-0.4, -0.2) is 6.04 Å². The molecule has 1 unspecified atom stereocenters. The molecule has 0 heterocycles. The van der Waals surface area contributed by atoms with Crippen LogP contribution in [0, 0.1) is 11.8 Å². The Morgan fingerprint density at radius 3 is 2.53 bits per heavy atom. The third-order valence-electron chi connectivity index (χ3n) is 4.32. The third kappa shape index (κ3) is 2.84. The van der Waals surface area contributed by atoms with E-state index in [2.05, 4.69) is 13.0 Å². The van der Waals surface area contributed by atoms with Crippen LogP contribution in [0.5, 0.6) is 0 Å². The molecule has 0 aliphatic heterocycles. The Labute approximate surface area is 94.1 Å². The first-order chi connectivity index (χ1) is 7.27. The Morgan fingerprint density at radius 2 is 1.93 bits per heavy atom. The van der Waals surface area contributed by atoms with E-state index in [0.29, 0.717) is 6.04 Å². The first-order valence-corrected chi connectivity index (χ1v) is 6.72. The van der Waals surface area contributed by atoms with Crippen LogP contribution in [0.3, 0.4) is 0 Å². The molecule has 0 aromatic heterocycles. The molecular formula is C14H25N. The highest BCUT2D eigenvalue weighted by molar-refractivity contribution is 5.14. The largest absolute Gasteiger partial charge is 0.324 e. The van der Waals surface area contributed by atoms with E-state index < -0.39 is 0 Å². The lowest BCUT2D eigenvalue weighted by Crippen LogP contribution is -2.35. The van der Waals surface area contributed by atoms with Gasteiger partial charge in [-0.1, -0.05) is 31.4 Å². The molecule has 0 spiro atoms. The fourth-order valence-corrected chi connectivity index (χ4v) is 3.11. The fraction of sp³-hybridized carbons (Fsp3) is 0.857. The Kier molecular flexibility index (Phi) is 3.85. The van der Waals surface area contributed by atoms with Gasteiger partial charge in [-0.25, -0.2) is 0 Å². The van der Waals surface area contributed by atoms with Crippen LogP contribution < -0.4 is 5.73 Å². The van der Waals surface area contributed by atoms with E-state index in [1.165, 1.54) is 51.4 Å². The van der Waals surface area contributed by atoms with Crippen molar-refractivity contribution in [3.8, 4) is 0 Å². The standard InChI is InChI=1S/C14H25N/c1-11-7-9-13(10-8-11)14(15)12-5-3-2-4-6-12/h5,11,13-14H,2-4,6-10,15H2,1H3. The van der Waals surface area contributed by atoms with Gasteiger partial charge >= 0.3 is 0 Å². The minimum atomic E-state index is 0.387. The van der Waals surface area contributed by atoms with Gasteiger partial charge in [0.2, 0.25) is 0 Å². The van der Waals surface area contributed by atoms with E-state index in [0.717, 1.165) is 11.8 Å². The summed E-state index contributed by atoms with van der Waals surface area (Å²) in [5.74, 6) is 1.72. The lowest BCUT2D eigenvalue weighted by Gasteiger charge is -2.33. The normalized spacial score (nSPS) is 34.7. The zero-order valence-corrected chi connectivity index (χ0v) is 10.0. The highest BCUT2D eigenvalue weighted by Crippen LogP contribution is 2.33. The lowest BCUT2D eigenvalue weighted by atomic mass is 9.76. The molecule has 0 saturated heterocycles. The van der Waals surface area contributed by atoms with Crippen molar-refractivity contribution in [1.29, 1.82) is 0 Å². The first kappa shape index (κ1) is 11.2. The SMILES string of the molecule is CC1CCC(C(N)C2=CCCCC2)CC1. The van der Waals surface area contributed by atoms with Crippen molar-refractivity contribution in [3.63, 3.8) is 0 Å². The quantitative estimate of drug-likeness (QED) is 0.687. The van der Waals surface area contributed by atoms with Crippen LogP contribution in [0.2, 0.25) is 0 Å². The van der Waals surface area contributed by atoms with Gasteiger partial charge in [-0.05, 0) is 50.4 Å². The number of rotatable bonds is 2. The summed E-state index contributed by atoms with van der Waals surface area (Å²) in [6.45, 7) is 2.38. The summed E-state index contributed by atoms with van der Waals surface area (Å²) in [6, 6.07) is 0.387. The predicted octanol–water partition coefficient (Wildman–Crippen LogP) is 3.64. The number of hydrogen-bond donors (Lipinski definition) is 1. The van der Waals surface area contributed by atoms with Crippen molar-refractivity contribution in [2.24, 2.45) is 17.6 Å². The van der Waals surface area contributed by atoms with Crippen molar-refractivity contribution < 1.29 is 0 Å². The second-order valence-corrected chi connectivity index (χ2v) is 5.57. The molecule has 2 rings (SSSR count). The second kappa shape index (κ2) is 5.16. The van der Waals surface area contributed by atoms with Crippen molar-refractivity contribution in [2.45, 2.75) is 64.3 Å². The van der Waals surface area contributed by atoms with Gasteiger partial charge in [0, 0.05) is 6.04 Å². The van der Waals surface area contributed by atoms with Crippen LogP contribution in [-0.2, 0) is 0 Å². The summed E-state index contributed by atoms with van der Waals surface area (Å²) in [6.07, 6.45) is 13.2. The summed E-state index contributed by atoms with van der Waals surface area (Å²) in [4.78, 5) is 0. The minimum Gasteiger partial charge on any atom is -0.324 e. The summed E-state index contributed by atoms with van der Waals surface area (Å²) in [7, 11) is 0. The maximum absolute atomic E-state index is 6.40. The van der Waals surface area contributed by atoms with Crippen LogP contribution in [0.15, 0.2) is 11.6 Å². The molecule has 1 nitrogen and oxygen atoms in total. The van der Waals surface area contributed by atoms with Gasteiger partial charge in [0.25, 0.3) is 0 Å². The van der Waals surface area contributed by atoms with Crippen molar-refractivity contribution in [1.82, 2.24) is 0 Å². The maximum atomic E-state index is 6.40. The summed E-state index contributed by atoms with van der Waals surface area (Å²) in [5, 5.41) is 0. The minimum absolute atomic E-state index is 0.387. The molecule has 2 aliphatic rings. The average Bonchev–Trinajstić information content (AvgIpc) is 2.30.